The van der Waals surface area contributed by atoms with Crippen LogP contribution in [-0.4, -0.2) is 34.3 Å². The SMILES string of the molecule is CC(=O)NC1CC2CCCC(C1)N2O. The van der Waals surface area contributed by atoms with Crippen molar-refractivity contribution in [1.29, 1.82) is 0 Å². The number of hydrogen-bond acceptors (Lipinski definition) is 3. The van der Waals surface area contributed by atoms with Crippen LogP contribution in [0.15, 0.2) is 0 Å². The zero-order valence-electron chi connectivity index (χ0n) is 8.57. The average molecular weight is 198 g/mol. The van der Waals surface area contributed by atoms with Gasteiger partial charge < -0.3 is 10.5 Å². The molecule has 0 aromatic heterocycles. The van der Waals surface area contributed by atoms with Crippen LogP contribution >= 0.6 is 0 Å². The van der Waals surface area contributed by atoms with E-state index in [9.17, 15) is 10.0 Å². The minimum absolute atomic E-state index is 0.0412. The Hall–Kier alpha value is -0.610. The Morgan fingerprint density at radius 1 is 1.36 bits per heavy atom. The Morgan fingerprint density at radius 3 is 2.43 bits per heavy atom. The number of hydrogen-bond donors (Lipinski definition) is 2. The second-order valence-corrected chi connectivity index (χ2v) is 4.49. The third-order valence-corrected chi connectivity index (χ3v) is 3.34. The molecule has 0 aromatic carbocycles. The van der Waals surface area contributed by atoms with Gasteiger partial charge in [-0.2, -0.15) is 5.06 Å². The van der Waals surface area contributed by atoms with Crippen LogP contribution in [0, 0.1) is 0 Å². The van der Waals surface area contributed by atoms with Crippen molar-refractivity contribution in [3.05, 3.63) is 0 Å². The average Bonchev–Trinajstić information content (AvgIpc) is 2.05. The van der Waals surface area contributed by atoms with Crippen molar-refractivity contribution in [2.24, 2.45) is 0 Å². The Morgan fingerprint density at radius 2 is 1.93 bits per heavy atom. The van der Waals surface area contributed by atoms with E-state index >= 15 is 0 Å². The molecule has 2 heterocycles. The van der Waals surface area contributed by atoms with E-state index in [-0.39, 0.29) is 24.0 Å². The van der Waals surface area contributed by atoms with Crippen molar-refractivity contribution in [1.82, 2.24) is 10.4 Å². The second kappa shape index (κ2) is 3.87. The fourth-order valence-electron chi connectivity index (χ4n) is 2.76. The van der Waals surface area contributed by atoms with Gasteiger partial charge in [-0.1, -0.05) is 6.42 Å². The lowest BCUT2D eigenvalue weighted by molar-refractivity contribution is -0.198. The van der Waals surface area contributed by atoms with E-state index < -0.39 is 0 Å². The van der Waals surface area contributed by atoms with Crippen LogP contribution in [0.5, 0.6) is 0 Å². The van der Waals surface area contributed by atoms with Gasteiger partial charge in [0.25, 0.3) is 0 Å². The van der Waals surface area contributed by atoms with Gasteiger partial charge in [0.15, 0.2) is 0 Å². The van der Waals surface area contributed by atoms with Gasteiger partial charge in [-0.3, -0.25) is 4.79 Å². The molecule has 14 heavy (non-hydrogen) atoms. The molecule has 80 valence electrons. The molecule has 2 aliphatic heterocycles. The third-order valence-electron chi connectivity index (χ3n) is 3.34. The van der Waals surface area contributed by atoms with Gasteiger partial charge in [-0.15, -0.1) is 0 Å². The summed E-state index contributed by atoms with van der Waals surface area (Å²) in [6.07, 6.45) is 5.12. The maximum atomic E-state index is 10.9. The van der Waals surface area contributed by atoms with Gasteiger partial charge in [0, 0.05) is 25.0 Å². The number of rotatable bonds is 1. The Labute approximate surface area is 84.2 Å². The van der Waals surface area contributed by atoms with Gasteiger partial charge in [-0.25, -0.2) is 0 Å². The molecule has 4 nitrogen and oxygen atoms in total. The molecular weight excluding hydrogens is 180 g/mol. The van der Waals surface area contributed by atoms with Crippen LogP contribution in [-0.2, 0) is 4.79 Å². The highest BCUT2D eigenvalue weighted by Crippen LogP contribution is 2.32. The van der Waals surface area contributed by atoms with E-state index in [1.54, 1.807) is 6.92 Å². The third kappa shape index (κ3) is 1.91. The summed E-state index contributed by atoms with van der Waals surface area (Å²) in [5.41, 5.74) is 0. The number of hydroxylamine groups is 2. The molecule has 0 saturated carbocycles. The zero-order valence-corrected chi connectivity index (χ0v) is 8.57. The lowest BCUT2D eigenvalue weighted by Gasteiger charge is -2.45. The summed E-state index contributed by atoms with van der Waals surface area (Å²) in [7, 11) is 0. The molecule has 2 atom stereocenters. The molecule has 2 saturated heterocycles. The maximum Gasteiger partial charge on any atom is 0.217 e. The van der Waals surface area contributed by atoms with Crippen molar-refractivity contribution in [2.45, 2.75) is 57.2 Å². The standard InChI is InChI=1S/C10H18N2O2/c1-7(13)11-8-5-9-3-2-4-10(6-8)12(9)14/h8-10,14H,2-6H2,1H3,(H,11,13). The molecule has 0 radical (unpaired) electrons. The highest BCUT2D eigenvalue weighted by Gasteiger charge is 2.37. The number of amides is 1. The molecule has 0 spiro atoms. The molecule has 2 unspecified atom stereocenters. The number of nitrogens with one attached hydrogen (secondary N) is 1. The minimum atomic E-state index is 0.0412. The Bertz CT molecular complexity index is 218. The number of carbonyl (C=O) groups is 1. The largest absolute Gasteiger partial charge is 0.353 e. The summed E-state index contributed by atoms with van der Waals surface area (Å²) in [5.74, 6) is 0.0412. The van der Waals surface area contributed by atoms with Crippen molar-refractivity contribution in [2.75, 3.05) is 0 Å². The summed E-state index contributed by atoms with van der Waals surface area (Å²) < 4.78 is 0. The molecular formula is C10H18N2O2. The monoisotopic (exact) mass is 198 g/mol. The highest BCUT2D eigenvalue weighted by molar-refractivity contribution is 5.73. The van der Waals surface area contributed by atoms with Gasteiger partial charge in [-0.05, 0) is 25.7 Å². The van der Waals surface area contributed by atoms with Crippen LogP contribution in [0.25, 0.3) is 0 Å². The molecule has 2 rings (SSSR count). The topological polar surface area (TPSA) is 52.6 Å². The molecule has 2 N–H and O–H groups in total. The van der Waals surface area contributed by atoms with Gasteiger partial charge >= 0.3 is 0 Å². The fraction of sp³-hybridized carbons (Fsp3) is 0.900. The molecule has 0 aliphatic carbocycles. The smallest absolute Gasteiger partial charge is 0.217 e. The van der Waals surface area contributed by atoms with Crippen LogP contribution in [0.2, 0.25) is 0 Å². The first-order chi connectivity index (χ1) is 6.66. The van der Waals surface area contributed by atoms with E-state index in [0.717, 1.165) is 25.7 Å². The summed E-state index contributed by atoms with van der Waals surface area (Å²) in [4.78, 5) is 10.9. The predicted octanol–water partition coefficient (Wildman–Crippen LogP) is 0.897. The number of fused-ring (bicyclic) bond motifs is 2. The number of carbonyl (C=O) groups excluding carboxylic acids is 1. The second-order valence-electron chi connectivity index (χ2n) is 4.49. The summed E-state index contributed by atoms with van der Waals surface area (Å²) in [6, 6.07) is 0.796. The van der Waals surface area contributed by atoms with E-state index in [2.05, 4.69) is 5.32 Å². The highest BCUT2D eigenvalue weighted by atomic mass is 16.5. The fourth-order valence-corrected chi connectivity index (χ4v) is 2.76. The quantitative estimate of drug-likeness (QED) is 0.658. The first-order valence-electron chi connectivity index (χ1n) is 5.41. The first-order valence-corrected chi connectivity index (χ1v) is 5.41. The normalized spacial score (nSPS) is 38.0. The van der Waals surface area contributed by atoms with E-state index in [1.807, 2.05) is 0 Å². The molecule has 4 heteroatoms. The first kappa shape index (κ1) is 9.93. The van der Waals surface area contributed by atoms with Crippen molar-refractivity contribution in [3.63, 3.8) is 0 Å². The van der Waals surface area contributed by atoms with Crippen LogP contribution in [0.1, 0.15) is 39.0 Å². The lowest BCUT2D eigenvalue weighted by Crippen LogP contribution is -2.55. The molecule has 0 aromatic rings. The molecule has 2 bridgehead atoms. The molecule has 2 aliphatic rings. The number of nitrogens with zero attached hydrogens (tertiary/aromatic N) is 1. The van der Waals surface area contributed by atoms with E-state index in [4.69, 9.17) is 0 Å². The molecule has 2 fully saturated rings. The van der Waals surface area contributed by atoms with Crippen molar-refractivity contribution >= 4 is 5.91 Å². The van der Waals surface area contributed by atoms with Crippen LogP contribution in [0.3, 0.4) is 0 Å². The lowest BCUT2D eigenvalue weighted by atomic mass is 9.83. The minimum Gasteiger partial charge on any atom is -0.353 e. The maximum absolute atomic E-state index is 10.9. The van der Waals surface area contributed by atoms with E-state index in [1.165, 1.54) is 11.5 Å². The summed E-state index contributed by atoms with van der Waals surface area (Å²) in [6.45, 7) is 1.56. The Balaban J connectivity index is 1.97. The van der Waals surface area contributed by atoms with Crippen LogP contribution in [0.4, 0.5) is 0 Å². The van der Waals surface area contributed by atoms with Gasteiger partial charge in [0.05, 0.1) is 0 Å². The van der Waals surface area contributed by atoms with Crippen LogP contribution < -0.4 is 5.32 Å². The van der Waals surface area contributed by atoms with E-state index in [0.29, 0.717) is 0 Å². The van der Waals surface area contributed by atoms with Crippen molar-refractivity contribution in [3.8, 4) is 0 Å². The summed E-state index contributed by atoms with van der Waals surface area (Å²) >= 11 is 0. The molecule has 1 amide bonds. The van der Waals surface area contributed by atoms with Gasteiger partial charge in [0.1, 0.15) is 0 Å². The van der Waals surface area contributed by atoms with Gasteiger partial charge in [0.2, 0.25) is 5.91 Å². The van der Waals surface area contributed by atoms with Crippen molar-refractivity contribution < 1.29 is 10.0 Å². The zero-order chi connectivity index (χ0) is 10.1. The summed E-state index contributed by atoms with van der Waals surface area (Å²) in [5, 5.41) is 14.2. The Kier molecular flexibility index (Phi) is 2.74. The number of piperidine rings is 2. The predicted molar refractivity (Wildman–Crippen MR) is 51.9 cm³/mol.